The van der Waals surface area contributed by atoms with Gasteiger partial charge in [0.15, 0.2) is 0 Å². The molecule has 1 heterocycles. The van der Waals surface area contributed by atoms with Gasteiger partial charge in [-0.25, -0.2) is 4.39 Å². The summed E-state index contributed by atoms with van der Waals surface area (Å²) in [5.74, 6) is 0.555. The number of rotatable bonds is 7. The van der Waals surface area contributed by atoms with Crippen molar-refractivity contribution in [3.05, 3.63) is 65.5 Å². The van der Waals surface area contributed by atoms with E-state index in [-0.39, 0.29) is 17.8 Å². The monoisotopic (exact) mass is 398 g/mol. The molecule has 29 heavy (non-hydrogen) atoms. The topological polar surface area (TPSA) is 50.8 Å². The quantitative estimate of drug-likeness (QED) is 0.779. The Morgan fingerprint density at radius 1 is 1.14 bits per heavy atom. The summed E-state index contributed by atoms with van der Waals surface area (Å²) in [6.45, 7) is 3.57. The van der Waals surface area contributed by atoms with Gasteiger partial charge in [0.05, 0.1) is 31.8 Å². The summed E-state index contributed by atoms with van der Waals surface area (Å²) >= 11 is 0. The van der Waals surface area contributed by atoms with Gasteiger partial charge >= 0.3 is 0 Å². The first-order valence-corrected chi connectivity index (χ1v) is 10.1. The van der Waals surface area contributed by atoms with Gasteiger partial charge in [0.1, 0.15) is 11.6 Å². The Labute approximate surface area is 170 Å². The van der Waals surface area contributed by atoms with E-state index in [2.05, 4.69) is 22.3 Å². The lowest BCUT2D eigenvalue weighted by Crippen LogP contribution is -2.45. The minimum absolute atomic E-state index is 0.0240. The summed E-state index contributed by atoms with van der Waals surface area (Å²) in [7, 11) is 1.65. The number of carbonyl (C=O) groups excluding carboxylic acids is 1. The molecule has 154 valence electrons. The van der Waals surface area contributed by atoms with E-state index in [1.807, 2.05) is 12.1 Å². The smallest absolute Gasteiger partial charge is 0.230 e. The largest absolute Gasteiger partial charge is 0.497 e. The van der Waals surface area contributed by atoms with Crippen molar-refractivity contribution in [2.45, 2.75) is 24.3 Å². The van der Waals surface area contributed by atoms with Gasteiger partial charge in [-0.1, -0.05) is 24.3 Å². The van der Waals surface area contributed by atoms with Crippen molar-refractivity contribution in [3.63, 3.8) is 0 Å². The Morgan fingerprint density at radius 2 is 1.79 bits per heavy atom. The van der Waals surface area contributed by atoms with Gasteiger partial charge in [-0.2, -0.15) is 0 Å². The van der Waals surface area contributed by atoms with E-state index in [0.29, 0.717) is 19.8 Å². The molecule has 0 spiro atoms. The number of halogens is 1. The Kier molecular flexibility index (Phi) is 5.83. The van der Waals surface area contributed by atoms with Gasteiger partial charge in [-0.15, -0.1) is 0 Å². The molecule has 2 aromatic carbocycles. The fraction of sp³-hybridized carbons (Fsp3) is 0.435. The third kappa shape index (κ3) is 4.28. The number of hydrogen-bond donors (Lipinski definition) is 1. The molecule has 1 aliphatic heterocycles. The van der Waals surface area contributed by atoms with Crippen LogP contribution in [0.1, 0.15) is 30.0 Å². The van der Waals surface area contributed by atoms with E-state index in [1.54, 1.807) is 19.2 Å². The van der Waals surface area contributed by atoms with E-state index in [9.17, 15) is 9.18 Å². The zero-order valence-corrected chi connectivity index (χ0v) is 16.7. The van der Waals surface area contributed by atoms with Gasteiger partial charge in [-0.05, 0) is 48.2 Å². The van der Waals surface area contributed by atoms with Crippen molar-refractivity contribution >= 4 is 5.91 Å². The van der Waals surface area contributed by atoms with Crippen LogP contribution in [0.25, 0.3) is 0 Å². The highest BCUT2D eigenvalue weighted by Crippen LogP contribution is 2.48. The molecule has 0 radical (unpaired) electrons. The minimum atomic E-state index is -0.511. The third-order valence-electron chi connectivity index (χ3n) is 6.02. The summed E-state index contributed by atoms with van der Waals surface area (Å²) < 4.78 is 24.0. The molecule has 1 saturated carbocycles. The molecule has 0 bridgehead atoms. The predicted molar refractivity (Wildman–Crippen MR) is 108 cm³/mol. The van der Waals surface area contributed by atoms with Crippen molar-refractivity contribution in [1.29, 1.82) is 0 Å². The van der Waals surface area contributed by atoms with Crippen LogP contribution in [0.4, 0.5) is 4.39 Å². The Hall–Kier alpha value is -2.44. The predicted octanol–water partition coefficient (Wildman–Crippen LogP) is 3.06. The second kappa shape index (κ2) is 8.51. The van der Waals surface area contributed by atoms with Crippen molar-refractivity contribution in [3.8, 4) is 5.75 Å². The van der Waals surface area contributed by atoms with Gasteiger partial charge in [0.2, 0.25) is 5.91 Å². The van der Waals surface area contributed by atoms with Crippen LogP contribution in [-0.2, 0) is 14.9 Å². The van der Waals surface area contributed by atoms with Crippen LogP contribution in [0.5, 0.6) is 5.75 Å². The van der Waals surface area contributed by atoms with Crippen LogP contribution in [0.15, 0.2) is 48.5 Å². The first-order chi connectivity index (χ1) is 14.1. The molecule has 2 aromatic rings. The number of methoxy groups -OCH3 is 1. The number of nitrogens with zero attached hydrogens (tertiary/aromatic N) is 1. The third-order valence-corrected chi connectivity index (χ3v) is 6.02. The SMILES string of the molecule is COc1ccc(C(CNC(=O)C2(c3ccc(F)cc3)CC2)N2CCOCC2)cc1. The highest BCUT2D eigenvalue weighted by atomic mass is 19.1. The van der Waals surface area contributed by atoms with Crippen LogP contribution >= 0.6 is 0 Å². The molecule has 6 heteroatoms. The molecule has 4 rings (SSSR count). The molecule has 1 amide bonds. The minimum Gasteiger partial charge on any atom is -0.497 e. The molecule has 1 saturated heterocycles. The van der Waals surface area contributed by atoms with E-state index in [1.165, 1.54) is 12.1 Å². The van der Waals surface area contributed by atoms with E-state index < -0.39 is 5.41 Å². The zero-order valence-electron chi connectivity index (χ0n) is 16.7. The molecule has 1 unspecified atom stereocenters. The maximum Gasteiger partial charge on any atom is 0.230 e. The molecule has 1 aliphatic carbocycles. The Balaban J connectivity index is 1.48. The number of nitrogens with one attached hydrogen (secondary N) is 1. The van der Waals surface area contributed by atoms with Crippen molar-refractivity contribution in [2.75, 3.05) is 40.0 Å². The highest BCUT2D eigenvalue weighted by molar-refractivity contribution is 5.91. The molecular formula is C23H27FN2O3. The van der Waals surface area contributed by atoms with Crippen LogP contribution in [0.2, 0.25) is 0 Å². The van der Waals surface area contributed by atoms with Gasteiger partial charge < -0.3 is 14.8 Å². The van der Waals surface area contributed by atoms with Gasteiger partial charge in [0, 0.05) is 19.6 Å². The maximum absolute atomic E-state index is 13.3. The van der Waals surface area contributed by atoms with E-state index in [0.717, 1.165) is 42.8 Å². The first kappa shape index (κ1) is 19.9. The highest BCUT2D eigenvalue weighted by Gasteiger charge is 2.51. The first-order valence-electron chi connectivity index (χ1n) is 10.1. The summed E-state index contributed by atoms with van der Waals surface area (Å²) in [5.41, 5.74) is 1.52. The normalized spacial score (nSPS) is 19.4. The number of benzene rings is 2. The fourth-order valence-electron chi connectivity index (χ4n) is 4.07. The zero-order chi connectivity index (χ0) is 20.3. The number of amides is 1. The summed E-state index contributed by atoms with van der Waals surface area (Å²) in [6.07, 6.45) is 1.60. The second-order valence-corrected chi connectivity index (χ2v) is 7.74. The summed E-state index contributed by atoms with van der Waals surface area (Å²) in [5, 5.41) is 3.18. The Bertz CT molecular complexity index is 828. The van der Waals surface area contributed by atoms with Crippen LogP contribution < -0.4 is 10.1 Å². The lowest BCUT2D eigenvalue weighted by atomic mass is 9.94. The number of morpholine rings is 1. The van der Waals surface area contributed by atoms with E-state index in [4.69, 9.17) is 9.47 Å². The molecule has 5 nitrogen and oxygen atoms in total. The second-order valence-electron chi connectivity index (χ2n) is 7.74. The lowest BCUT2D eigenvalue weighted by molar-refractivity contribution is -0.124. The average Bonchev–Trinajstić information content (AvgIpc) is 3.57. The molecular weight excluding hydrogens is 371 g/mol. The molecule has 0 aromatic heterocycles. The van der Waals surface area contributed by atoms with Crippen molar-refractivity contribution in [2.24, 2.45) is 0 Å². The molecule has 1 N–H and O–H groups in total. The molecule has 2 fully saturated rings. The van der Waals surface area contributed by atoms with Crippen LogP contribution in [0, 0.1) is 5.82 Å². The molecule has 2 aliphatic rings. The van der Waals surface area contributed by atoms with E-state index >= 15 is 0 Å². The number of hydrogen-bond acceptors (Lipinski definition) is 4. The molecule has 1 atom stereocenters. The van der Waals surface area contributed by atoms with Crippen molar-refractivity contribution < 1.29 is 18.7 Å². The van der Waals surface area contributed by atoms with Gasteiger partial charge in [0.25, 0.3) is 0 Å². The van der Waals surface area contributed by atoms with Crippen molar-refractivity contribution in [1.82, 2.24) is 10.2 Å². The average molecular weight is 398 g/mol. The standard InChI is InChI=1S/C23H27FN2O3/c1-28-20-8-2-17(3-9-20)21(26-12-14-29-15-13-26)16-25-22(27)23(10-11-23)18-4-6-19(24)7-5-18/h2-9,21H,10-16H2,1H3,(H,25,27). The van der Waals surface area contributed by atoms with Crippen LogP contribution in [0.3, 0.4) is 0 Å². The summed E-state index contributed by atoms with van der Waals surface area (Å²) in [6, 6.07) is 14.4. The fourth-order valence-corrected chi connectivity index (χ4v) is 4.07. The lowest BCUT2D eigenvalue weighted by Gasteiger charge is -2.35. The number of ether oxygens (including phenoxy) is 2. The number of carbonyl (C=O) groups is 1. The summed E-state index contributed by atoms with van der Waals surface area (Å²) in [4.78, 5) is 15.4. The maximum atomic E-state index is 13.3. The van der Waals surface area contributed by atoms with Crippen LogP contribution in [-0.4, -0.2) is 50.8 Å². The Morgan fingerprint density at radius 3 is 2.38 bits per heavy atom. The van der Waals surface area contributed by atoms with Gasteiger partial charge in [-0.3, -0.25) is 9.69 Å².